The highest BCUT2D eigenvalue weighted by Crippen LogP contribution is 2.32. The van der Waals surface area contributed by atoms with E-state index in [0.717, 1.165) is 23.5 Å². The predicted molar refractivity (Wildman–Crippen MR) is 176 cm³/mol. The van der Waals surface area contributed by atoms with Gasteiger partial charge in [-0.1, -0.05) is 68.4 Å². The van der Waals surface area contributed by atoms with Gasteiger partial charge in [-0.05, 0) is 59.7 Å². The van der Waals surface area contributed by atoms with Crippen molar-refractivity contribution in [2.45, 2.75) is 70.3 Å². The smallest absolute Gasteiger partial charge is 0.433 e. The van der Waals surface area contributed by atoms with Crippen molar-refractivity contribution < 1.29 is 39.3 Å². The number of hydroxylamine groups is 2. The van der Waals surface area contributed by atoms with Crippen LogP contribution in [-0.4, -0.2) is 91.4 Å². The number of carbonyl (C=O) groups is 4. The lowest BCUT2D eigenvalue weighted by Crippen LogP contribution is -2.75. The van der Waals surface area contributed by atoms with E-state index in [0.29, 0.717) is 23.6 Å². The van der Waals surface area contributed by atoms with Crippen molar-refractivity contribution in [3.05, 3.63) is 95.6 Å². The van der Waals surface area contributed by atoms with E-state index in [1.165, 1.54) is 34.1 Å². The number of nitrogens with zero attached hydrogens (tertiary/aromatic N) is 3. The first-order valence-corrected chi connectivity index (χ1v) is 16.2. The number of phenolic OH excluding ortho intramolecular Hbond substituents is 2. The Hall–Kier alpha value is -5.10. The predicted octanol–water partition coefficient (Wildman–Crippen LogP) is 3.71. The van der Waals surface area contributed by atoms with Crippen LogP contribution in [0, 0.1) is 5.92 Å². The van der Waals surface area contributed by atoms with Gasteiger partial charge >= 0.3 is 6.09 Å². The van der Waals surface area contributed by atoms with E-state index >= 15 is 0 Å². The van der Waals surface area contributed by atoms with Crippen molar-refractivity contribution >= 4 is 23.8 Å². The topological polar surface area (TPSA) is 160 Å². The van der Waals surface area contributed by atoms with Gasteiger partial charge in [-0.3, -0.25) is 19.2 Å². The summed E-state index contributed by atoms with van der Waals surface area (Å²) in [6, 6.07) is 19.3. The molecule has 2 fully saturated rings. The third kappa shape index (κ3) is 8.06. The van der Waals surface area contributed by atoms with E-state index < -0.39 is 48.2 Å². The van der Waals surface area contributed by atoms with Gasteiger partial charge in [0.05, 0.1) is 6.54 Å². The van der Waals surface area contributed by atoms with Gasteiger partial charge < -0.3 is 30.4 Å². The Kier molecular flexibility index (Phi) is 10.8. The monoisotopic (exact) mass is 658 g/mol. The molecule has 2 aliphatic rings. The highest BCUT2D eigenvalue weighted by Gasteiger charge is 2.54. The van der Waals surface area contributed by atoms with Crippen LogP contribution < -0.4 is 5.32 Å². The fourth-order valence-electron chi connectivity index (χ4n) is 6.26. The SMILES string of the molecule is CC(C)CCCNC(=O)[C@H](Cc1ccc(O)cc1)N1CC2N(C(=O)O)O[C@H](Cc3ccccc3)C(=O)N2[C@@H](Cc2ccc(O)cc2)C1=O. The maximum atomic E-state index is 14.6. The first-order chi connectivity index (χ1) is 23.0. The molecule has 3 aromatic rings. The molecule has 48 heavy (non-hydrogen) atoms. The second kappa shape index (κ2) is 15.2. The van der Waals surface area contributed by atoms with Gasteiger partial charge in [-0.25, -0.2) is 4.79 Å². The molecular weight excluding hydrogens is 616 g/mol. The van der Waals surface area contributed by atoms with E-state index in [1.807, 2.05) is 6.07 Å². The van der Waals surface area contributed by atoms with Crippen molar-refractivity contribution in [3.63, 3.8) is 0 Å². The number of hydrogen-bond acceptors (Lipinski definition) is 7. The van der Waals surface area contributed by atoms with Gasteiger partial charge in [0.15, 0.2) is 12.3 Å². The molecule has 3 aromatic carbocycles. The molecule has 1 unspecified atom stereocenters. The quantitative estimate of drug-likeness (QED) is 0.214. The zero-order valence-corrected chi connectivity index (χ0v) is 27.1. The van der Waals surface area contributed by atoms with Crippen LogP contribution in [0.15, 0.2) is 78.9 Å². The van der Waals surface area contributed by atoms with Crippen molar-refractivity contribution in [2.75, 3.05) is 13.1 Å². The average Bonchev–Trinajstić information content (AvgIpc) is 3.06. The summed E-state index contributed by atoms with van der Waals surface area (Å²) in [6.07, 6.45) is -2.09. The molecule has 0 spiro atoms. The van der Waals surface area contributed by atoms with Crippen LogP contribution in [0.1, 0.15) is 43.4 Å². The minimum Gasteiger partial charge on any atom is -0.508 e. The number of carboxylic acid groups (broad SMARTS) is 1. The molecule has 0 aliphatic carbocycles. The zero-order chi connectivity index (χ0) is 34.4. The van der Waals surface area contributed by atoms with Crippen LogP contribution >= 0.6 is 0 Å². The summed E-state index contributed by atoms with van der Waals surface area (Å²) in [5.74, 6) is -0.942. The van der Waals surface area contributed by atoms with Gasteiger partial charge in [0.1, 0.15) is 23.6 Å². The molecule has 0 aromatic heterocycles. The first kappa shape index (κ1) is 34.2. The lowest BCUT2D eigenvalue weighted by Gasteiger charge is -2.53. The Morgan fingerprint density at radius 2 is 1.46 bits per heavy atom. The van der Waals surface area contributed by atoms with Gasteiger partial charge in [0, 0.05) is 25.8 Å². The summed E-state index contributed by atoms with van der Waals surface area (Å²) in [5, 5.41) is 33.7. The molecule has 5 rings (SSSR count). The largest absolute Gasteiger partial charge is 0.508 e. The molecule has 12 heteroatoms. The molecule has 2 aliphatic heterocycles. The Labute approximate surface area is 279 Å². The van der Waals surface area contributed by atoms with Crippen LogP contribution in [0.25, 0.3) is 0 Å². The summed E-state index contributed by atoms with van der Waals surface area (Å²) in [5.41, 5.74) is 2.05. The van der Waals surface area contributed by atoms with E-state index in [4.69, 9.17) is 4.84 Å². The van der Waals surface area contributed by atoms with Crippen molar-refractivity contribution in [1.29, 1.82) is 0 Å². The fraction of sp³-hybridized carbons (Fsp3) is 0.389. The maximum absolute atomic E-state index is 14.6. The molecule has 12 nitrogen and oxygen atoms in total. The van der Waals surface area contributed by atoms with E-state index in [1.54, 1.807) is 48.5 Å². The number of nitrogens with one attached hydrogen (secondary N) is 1. The average molecular weight is 659 g/mol. The van der Waals surface area contributed by atoms with E-state index in [9.17, 15) is 34.5 Å². The lowest BCUT2D eigenvalue weighted by molar-refractivity contribution is -0.265. The molecule has 4 N–H and O–H groups in total. The Bertz CT molecular complexity index is 1580. The van der Waals surface area contributed by atoms with Crippen molar-refractivity contribution in [2.24, 2.45) is 5.92 Å². The number of carbonyl (C=O) groups excluding carboxylic acids is 3. The molecule has 2 heterocycles. The third-order valence-electron chi connectivity index (χ3n) is 8.75. The molecule has 4 amide bonds. The van der Waals surface area contributed by atoms with Gasteiger partial charge in [0.25, 0.3) is 5.91 Å². The molecule has 0 radical (unpaired) electrons. The standard InChI is InChI=1S/C36H42N4O8/c1-23(2)7-6-18-37-33(43)29(19-25-10-14-27(41)15-11-25)38-22-32-39(30(34(38)44)20-26-12-16-28(42)17-13-26)35(45)31(48-40(32)36(46)47)21-24-8-4-3-5-9-24/h3-5,8-17,23,29-32,41-42H,6-7,18-22H2,1-2H3,(H,37,43)(H,46,47)/t29-,30-,31+,32?/m0/s1. The van der Waals surface area contributed by atoms with Gasteiger partial charge in [0.2, 0.25) is 11.8 Å². The molecule has 2 saturated heterocycles. The maximum Gasteiger partial charge on any atom is 0.433 e. The van der Waals surface area contributed by atoms with Crippen molar-refractivity contribution in [3.8, 4) is 11.5 Å². The lowest BCUT2D eigenvalue weighted by atomic mass is 9.94. The van der Waals surface area contributed by atoms with Crippen LogP contribution in [0.3, 0.4) is 0 Å². The molecule has 0 bridgehead atoms. The number of fused-ring (bicyclic) bond motifs is 1. The normalized spacial score (nSPS) is 20.1. The van der Waals surface area contributed by atoms with Crippen LogP contribution in [0.5, 0.6) is 11.5 Å². The van der Waals surface area contributed by atoms with E-state index in [2.05, 4.69) is 19.2 Å². The summed E-state index contributed by atoms with van der Waals surface area (Å²) in [6.45, 7) is 4.27. The van der Waals surface area contributed by atoms with E-state index in [-0.39, 0.29) is 37.3 Å². The fourth-order valence-corrected chi connectivity index (χ4v) is 6.26. The van der Waals surface area contributed by atoms with Crippen molar-refractivity contribution in [1.82, 2.24) is 20.2 Å². The van der Waals surface area contributed by atoms with Crippen LogP contribution in [-0.2, 0) is 38.5 Å². The summed E-state index contributed by atoms with van der Waals surface area (Å²) in [7, 11) is 0. The number of amides is 4. The molecule has 4 atom stereocenters. The minimum absolute atomic E-state index is 0.00526. The summed E-state index contributed by atoms with van der Waals surface area (Å²) >= 11 is 0. The number of hydrogen-bond donors (Lipinski definition) is 4. The number of rotatable bonds is 12. The Morgan fingerprint density at radius 1 is 0.854 bits per heavy atom. The first-order valence-electron chi connectivity index (χ1n) is 16.2. The highest BCUT2D eigenvalue weighted by atomic mass is 16.7. The van der Waals surface area contributed by atoms with Gasteiger partial charge in [-0.2, -0.15) is 5.06 Å². The molecule has 0 saturated carbocycles. The minimum atomic E-state index is -1.44. The zero-order valence-electron chi connectivity index (χ0n) is 27.1. The number of phenols is 2. The summed E-state index contributed by atoms with van der Waals surface area (Å²) in [4.78, 5) is 63.8. The third-order valence-corrected chi connectivity index (χ3v) is 8.75. The molecular formula is C36H42N4O8. The number of benzene rings is 3. The Morgan fingerprint density at radius 3 is 2.06 bits per heavy atom. The number of aromatic hydroxyl groups is 2. The van der Waals surface area contributed by atoms with Crippen LogP contribution in [0.4, 0.5) is 4.79 Å². The summed E-state index contributed by atoms with van der Waals surface area (Å²) < 4.78 is 0. The van der Waals surface area contributed by atoms with Crippen LogP contribution in [0.2, 0.25) is 0 Å². The second-order valence-electron chi connectivity index (χ2n) is 12.7. The highest BCUT2D eigenvalue weighted by molar-refractivity contribution is 5.95. The van der Waals surface area contributed by atoms with Gasteiger partial charge in [-0.15, -0.1) is 0 Å². The molecule has 254 valence electrons. The second-order valence-corrected chi connectivity index (χ2v) is 12.7. The number of piperazine rings is 1. The Balaban J connectivity index is 1.52.